The van der Waals surface area contributed by atoms with Crippen molar-refractivity contribution in [1.82, 2.24) is 9.97 Å². The van der Waals surface area contributed by atoms with E-state index in [1.165, 1.54) is 27.4 Å². The van der Waals surface area contributed by atoms with E-state index >= 15 is 0 Å². The van der Waals surface area contributed by atoms with Gasteiger partial charge in [0.25, 0.3) is 5.56 Å². The lowest BCUT2D eigenvalue weighted by Gasteiger charge is -2.13. The Balaban J connectivity index is 1.77. The van der Waals surface area contributed by atoms with Gasteiger partial charge in [0.15, 0.2) is 23.4 Å². The fourth-order valence-corrected chi connectivity index (χ4v) is 2.93. The number of benzene rings is 2. The van der Waals surface area contributed by atoms with E-state index in [0.717, 1.165) is 0 Å². The maximum absolute atomic E-state index is 12.3. The highest BCUT2D eigenvalue weighted by Gasteiger charge is 2.15. The summed E-state index contributed by atoms with van der Waals surface area (Å²) in [7, 11) is 4.54. The van der Waals surface area contributed by atoms with Crippen molar-refractivity contribution < 1.29 is 23.7 Å². The average Bonchev–Trinajstić information content (AvgIpc) is 2.76. The van der Waals surface area contributed by atoms with Gasteiger partial charge in [-0.1, -0.05) is 12.1 Å². The Morgan fingerprint density at radius 1 is 1.07 bits per heavy atom. The Labute approximate surface area is 173 Å². The molecule has 3 rings (SSSR count). The van der Waals surface area contributed by atoms with Crippen LogP contribution in [0, 0.1) is 0 Å². The Morgan fingerprint density at radius 2 is 1.73 bits per heavy atom. The fourth-order valence-electron chi connectivity index (χ4n) is 2.93. The first-order valence-corrected chi connectivity index (χ1v) is 9.14. The maximum Gasteiger partial charge on any atom is 0.331 e. The van der Waals surface area contributed by atoms with Gasteiger partial charge in [0.05, 0.1) is 32.2 Å². The summed E-state index contributed by atoms with van der Waals surface area (Å²) >= 11 is 0. The van der Waals surface area contributed by atoms with E-state index in [4.69, 9.17) is 18.9 Å². The van der Waals surface area contributed by atoms with Crippen LogP contribution in [0.15, 0.2) is 47.3 Å². The average molecular weight is 410 g/mol. The van der Waals surface area contributed by atoms with Crippen molar-refractivity contribution in [1.29, 1.82) is 0 Å². The van der Waals surface area contributed by atoms with Gasteiger partial charge in [-0.2, -0.15) is 0 Å². The minimum atomic E-state index is -0.737. The number of esters is 1. The Kier molecular flexibility index (Phi) is 6.36. The molecule has 2 aromatic carbocycles. The Bertz CT molecular complexity index is 1130. The number of ether oxygens (including phenoxy) is 4. The predicted octanol–water partition coefficient (Wildman–Crippen LogP) is 3.27. The summed E-state index contributed by atoms with van der Waals surface area (Å²) in [5.74, 6) is 1.08. The van der Waals surface area contributed by atoms with Crippen molar-refractivity contribution in [3.63, 3.8) is 0 Å². The largest absolute Gasteiger partial charge is 0.493 e. The summed E-state index contributed by atoms with van der Waals surface area (Å²) in [5, 5.41) is 0.474. The Morgan fingerprint density at radius 3 is 2.37 bits per heavy atom. The molecule has 8 heteroatoms. The molecule has 0 aliphatic carbocycles. The van der Waals surface area contributed by atoms with Crippen molar-refractivity contribution in [3.05, 3.63) is 64.2 Å². The van der Waals surface area contributed by atoms with Gasteiger partial charge in [-0.05, 0) is 42.8 Å². The molecule has 0 saturated carbocycles. The number of methoxy groups -OCH3 is 3. The molecule has 3 aromatic rings. The van der Waals surface area contributed by atoms with E-state index in [-0.39, 0.29) is 11.4 Å². The molecule has 30 heavy (non-hydrogen) atoms. The van der Waals surface area contributed by atoms with Crippen molar-refractivity contribution in [2.45, 2.75) is 13.0 Å². The first-order valence-electron chi connectivity index (χ1n) is 9.14. The standard InChI is InChI=1S/C22H22N2O6/c1-13(21-23-16-8-6-5-7-15(16)22(26)24-21)30-19(25)10-9-14-11-17(27-2)20(29-4)18(12-14)28-3/h5-13H,1-4H3,(H,23,24,26)/b10-9+/t13-/m0/s1. The summed E-state index contributed by atoms with van der Waals surface area (Å²) in [6, 6.07) is 10.4. The van der Waals surface area contributed by atoms with Gasteiger partial charge in [-0.15, -0.1) is 0 Å². The van der Waals surface area contributed by atoms with Crippen LogP contribution in [0.5, 0.6) is 17.2 Å². The van der Waals surface area contributed by atoms with Crippen LogP contribution >= 0.6 is 0 Å². The molecule has 0 fully saturated rings. The normalized spacial score (nSPS) is 12.0. The molecule has 0 amide bonds. The van der Waals surface area contributed by atoms with Crippen LogP contribution in [0.25, 0.3) is 17.0 Å². The molecule has 0 radical (unpaired) electrons. The van der Waals surface area contributed by atoms with E-state index in [9.17, 15) is 9.59 Å². The number of hydrogen-bond acceptors (Lipinski definition) is 7. The van der Waals surface area contributed by atoms with Gasteiger partial charge in [0.1, 0.15) is 0 Å². The molecule has 0 spiro atoms. The number of aromatic amines is 1. The Hall–Kier alpha value is -3.81. The topological polar surface area (TPSA) is 99.7 Å². The summed E-state index contributed by atoms with van der Waals surface area (Å²) in [6.07, 6.45) is 2.10. The van der Waals surface area contributed by atoms with Gasteiger partial charge in [0.2, 0.25) is 5.75 Å². The number of hydrogen-bond donors (Lipinski definition) is 1. The third-order valence-corrected chi connectivity index (χ3v) is 4.41. The van der Waals surface area contributed by atoms with Crippen LogP contribution in [0.4, 0.5) is 0 Å². The highest BCUT2D eigenvalue weighted by Crippen LogP contribution is 2.38. The van der Waals surface area contributed by atoms with Crippen molar-refractivity contribution in [3.8, 4) is 17.2 Å². The van der Waals surface area contributed by atoms with Gasteiger partial charge in [-0.3, -0.25) is 4.79 Å². The van der Waals surface area contributed by atoms with Crippen LogP contribution in [-0.2, 0) is 9.53 Å². The molecule has 1 atom stereocenters. The lowest BCUT2D eigenvalue weighted by molar-refractivity contribution is -0.142. The van der Waals surface area contributed by atoms with E-state index in [0.29, 0.717) is 33.7 Å². The van der Waals surface area contributed by atoms with Crippen LogP contribution < -0.4 is 19.8 Å². The molecule has 1 aromatic heterocycles. The molecule has 1 N–H and O–H groups in total. The smallest absolute Gasteiger partial charge is 0.331 e. The monoisotopic (exact) mass is 410 g/mol. The highest BCUT2D eigenvalue weighted by atomic mass is 16.5. The zero-order valence-electron chi connectivity index (χ0n) is 17.1. The second-order valence-corrected chi connectivity index (χ2v) is 6.34. The summed E-state index contributed by atoms with van der Waals surface area (Å²) in [4.78, 5) is 31.5. The third kappa shape index (κ3) is 4.43. The maximum atomic E-state index is 12.3. The number of carbonyl (C=O) groups is 1. The van der Waals surface area contributed by atoms with E-state index in [1.54, 1.807) is 49.4 Å². The van der Waals surface area contributed by atoms with E-state index in [1.807, 2.05) is 0 Å². The third-order valence-electron chi connectivity index (χ3n) is 4.41. The van der Waals surface area contributed by atoms with Gasteiger partial charge >= 0.3 is 5.97 Å². The molecule has 0 bridgehead atoms. The minimum Gasteiger partial charge on any atom is -0.493 e. The highest BCUT2D eigenvalue weighted by molar-refractivity contribution is 5.87. The SMILES string of the molecule is COc1cc(/C=C/C(=O)O[C@@H](C)c2nc3ccccc3c(=O)[nH]2)cc(OC)c1OC. The zero-order valence-corrected chi connectivity index (χ0v) is 17.1. The van der Waals surface area contributed by atoms with E-state index in [2.05, 4.69) is 9.97 Å². The van der Waals surface area contributed by atoms with Gasteiger partial charge in [-0.25, -0.2) is 9.78 Å². The zero-order chi connectivity index (χ0) is 21.7. The van der Waals surface area contributed by atoms with Crippen LogP contribution in [-0.4, -0.2) is 37.3 Å². The molecule has 156 valence electrons. The predicted molar refractivity (Wildman–Crippen MR) is 112 cm³/mol. The first kappa shape index (κ1) is 20.9. The summed E-state index contributed by atoms with van der Waals surface area (Å²) in [6.45, 7) is 1.64. The second-order valence-electron chi connectivity index (χ2n) is 6.34. The number of nitrogens with one attached hydrogen (secondary N) is 1. The number of carbonyl (C=O) groups excluding carboxylic acids is 1. The minimum absolute atomic E-state index is 0.272. The van der Waals surface area contributed by atoms with Crippen molar-refractivity contribution >= 4 is 22.9 Å². The molecule has 0 saturated heterocycles. The molecular formula is C22H22N2O6. The fraction of sp³-hybridized carbons (Fsp3) is 0.227. The number of rotatable bonds is 7. The van der Waals surface area contributed by atoms with Crippen molar-refractivity contribution in [2.24, 2.45) is 0 Å². The van der Waals surface area contributed by atoms with Crippen LogP contribution in [0.2, 0.25) is 0 Å². The molecular weight excluding hydrogens is 388 g/mol. The number of nitrogens with zero attached hydrogens (tertiary/aromatic N) is 1. The second kappa shape index (κ2) is 9.13. The summed E-state index contributed by atoms with van der Waals surface area (Å²) in [5.41, 5.74) is 0.907. The number of aromatic nitrogens is 2. The van der Waals surface area contributed by atoms with Gasteiger partial charge < -0.3 is 23.9 Å². The molecule has 0 unspecified atom stereocenters. The molecule has 8 nitrogen and oxygen atoms in total. The van der Waals surface area contributed by atoms with Gasteiger partial charge in [0, 0.05) is 6.08 Å². The summed E-state index contributed by atoms with van der Waals surface area (Å²) < 4.78 is 21.2. The van der Waals surface area contributed by atoms with Crippen molar-refractivity contribution in [2.75, 3.05) is 21.3 Å². The quantitative estimate of drug-likeness (QED) is 0.471. The van der Waals surface area contributed by atoms with Crippen LogP contribution in [0.3, 0.4) is 0 Å². The number of para-hydroxylation sites is 1. The van der Waals surface area contributed by atoms with E-state index < -0.39 is 12.1 Å². The molecule has 1 heterocycles. The first-order chi connectivity index (χ1) is 14.5. The molecule has 0 aliphatic heterocycles. The number of H-pyrrole nitrogens is 1. The lowest BCUT2D eigenvalue weighted by atomic mass is 10.1. The molecule has 0 aliphatic rings. The van der Waals surface area contributed by atoms with Crippen LogP contribution in [0.1, 0.15) is 24.4 Å². The lowest BCUT2D eigenvalue weighted by Crippen LogP contribution is -2.16. The number of fused-ring (bicyclic) bond motifs is 1.